The van der Waals surface area contributed by atoms with Crippen LogP contribution in [0.1, 0.15) is 6.92 Å². The number of aromatic nitrogens is 2. The topological polar surface area (TPSA) is 34.9 Å². The molecule has 0 saturated carbocycles. The van der Waals surface area contributed by atoms with Crippen molar-refractivity contribution in [1.29, 1.82) is 0 Å². The van der Waals surface area contributed by atoms with Gasteiger partial charge in [-0.1, -0.05) is 0 Å². The molecule has 4 heteroatoms. The van der Waals surface area contributed by atoms with E-state index in [1.807, 2.05) is 6.92 Å². The average molecular weight is 202 g/mol. The molecule has 1 radical (unpaired) electrons. The molecule has 0 N–H and O–H groups in total. The Morgan fingerprint density at radius 2 is 2.50 bits per heavy atom. The van der Waals surface area contributed by atoms with Crippen molar-refractivity contribution in [3.63, 3.8) is 0 Å². The molecule has 3 nitrogen and oxygen atoms in total. The first-order valence-electron chi connectivity index (χ1n) is 2.98. The van der Waals surface area contributed by atoms with Crippen molar-refractivity contribution < 1.29 is 0 Å². The van der Waals surface area contributed by atoms with Crippen LogP contribution in [0.3, 0.4) is 0 Å². The number of hydrogen-bond acceptors (Lipinski definition) is 2. The Kier molecular flexibility index (Phi) is 2.25. The van der Waals surface area contributed by atoms with Gasteiger partial charge in [0.25, 0.3) is 0 Å². The molecule has 0 spiro atoms. The van der Waals surface area contributed by atoms with Crippen LogP contribution in [0.25, 0.3) is 0 Å². The molecule has 0 atom stereocenters. The van der Waals surface area contributed by atoms with Gasteiger partial charge < -0.3 is 0 Å². The summed E-state index contributed by atoms with van der Waals surface area (Å²) < 4.78 is 2.19. The van der Waals surface area contributed by atoms with Crippen LogP contribution in [0.15, 0.2) is 17.1 Å². The molecule has 1 heterocycles. The SMILES string of the molecule is CCn1ccc([Se])nc1=O. The summed E-state index contributed by atoms with van der Waals surface area (Å²) >= 11 is 2.67. The van der Waals surface area contributed by atoms with E-state index in [0.717, 1.165) is 0 Å². The first-order chi connectivity index (χ1) is 4.74. The summed E-state index contributed by atoms with van der Waals surface area (Å²) in [6.45, 7) is 2.58. The Balaban J connectivity index is 3.20. The standard InChI is InChI=1S/C6H7N2OSe/c1-2-8-4-3-5(10)7-6(8)9/h3-4H,2H2,1H3. The predicted molar refractivity (Wildman–Crippen MR) is 39.6 cm³/mol. The Morgan fingerprint density at radius 3 is 3.00 bits per heavy atom. The van der Waals surface area contributed by atoms with Gasteiger partial charge in [0.2, 0.25) is 0 Å². The van der Waals surface area contributed by atoms with Gasteiger partial charge in [0.1, 0.15) is 0 Å². The van der Waals surface area contributed by atoms with Crippen molar-refractivity contribution in [3.05, 3.63) is 22.7 Å². The first-order valence-corrected chi connectivity index (χ1v) is 3.84. The van der Waals surface area contributed by atoms with Crippen LogP contribution in [0.2, 0.25) is 0 Å². The fourth-order valence-electron chi connectivity index (χ4n) is 0.654. The van der Waals surface area contributed by atoms with Gasteiger partial charge in [-0.05, 0) is 0 Å². The minimum atomic E-state index is -0.196. The monoisotopic (exact) mass is 203 g/mol. The average Bonchev–Trinajstić information content (AvgIpc) is 1.88. The molecule has 0 bridgehead atoms. The van der Waals surface area contributed by atoms with E-state index in [0.29, 0.717) is 11.1 Å². The minimum absolute atomic E-state index is 0.196. The molecule has 0 saturated heterocycles. The summed E-state index contributed by atoms with van der Waals surface area (Å²) in [5, 5.41) is 0. The zero-order chi connectivity index (χ0) is 7.56. The molecule has 53 valence electrons. The Bertz CT molecular complexity index is 281. The molecule has 0 aromatic carbocycles. The zero-order valence-corrected chi connectivity index (χ0v) is 7.29. The van der Waals surface area contributed by atoms with E-state index in [4.69, 9.17) is 0 Å². The number of hydrogen-bond donors (Lipinski definition) is 0. The second kappa shape index (κ2) is 2.99. The van der Waals surface area contributed by atoms with Crippen LogP contribution in [0, 0.1) is 0 Å². The van der Waals surface area contributed by atoms with Gasteiger partial charge in [0.05, 0.1) is 0 Å². The van der Waals surface area contributed by atoms with E-state index in [1.165, 1.54) is 0 Å². The summed E-state index contributed by atoms with van der Waals surface area (Å²) in [5.74, 6) is 0. The van der Waals surface area contributed by atoms with Gasteiger partial charge in [-0.15, -0.1) is 0 Å². The van der Waals surface area contributed by atoms with Crippen molar-refractivity contribution in [3.8, 4) is 0 Å². The second-order valence-electron chi connectivity index (χ2n) is 1.83. The molecule has 10 heavy (non-hydrogen) atoms. The molecule has 0 unspecified atom stereocenters. The van der Waals surface area contributed by atoms with Gasteiger partial charge in [-0.25, -0.2) is 0 Å². The molecule has 0 aliphatic heterocycles. The third-order valence-corrected chi connectivity index (χ3v) is 1.67. The van der Waals surface area contributed by atoms with Crippen LogP contribution in [-0.4, -0.2) is 25.6 Å². The Morgan fingerprint density at radius 1 is 1.80 bits per heavy atom. The van der Waals surface area contributed by atoms with Gasteiger partial charge in [-0.3, -0.25) is 0 Å². The fraction of sp³-hybridized carbons (Fsp3) is 0.333. The summed E-state index contributed by atoms with van der Waals surface area (Å²) in [5.41, 5.74) is -0.196. The molecule has 1 aromatic heterocycles. The van der Waals surface area contributed by atoms with Gasteiger partial charge in [0, 0.05) is 0 Å². The van der Waals surface area contributed by atoms with Crippen molar-refractivity contribution >= 4 is 20.6 Å². The molecular formula is C6H7N2OSe. The normalized spacial score (nSPS) is 9.70. The van der Waals surface area contributed by atoms with E-state index in [9.17, 15) is 4.79 Å². The van der Waals surface area contributed by atoms with Crippen LogP contribution in [-0.2, 0) is 6.54 Å². The van der Waals surface area contributed by atoms with E-state index < -0.39 is 0 Å². The van der Waals surface area contributed by atoms with Crippen molar-refractivity contribution in [2.24, 2.45) is 0 Å². The van der Waals surface area contributed by atoms with Crippen LogP contribution in [0.5, 0.6) is 0 Å². The third-order valence-electron chi connectivity index (χ3n) is 1.19. The fourth-order valence-corrected chi connectivity index (χ4v) is 0.945. The number of nitrogens with zero attached hydrogens (tertiary/aromatic N) is 2. The van der Waals surface area contributed by atoms with Crippen LogP contribution >= 0.6 is 0 Å². The summed E-state index contributed by atoms with van der Waals surface area (Å²) in [4.78, 5) is 14.6. The van der Waals surface area contributed by atoms with E-state index in [1.54, 1.807) is 16.8 Å². The first kappa shape index (κ1) is 7.51. The molecule has 0 fully saturated rings. The summed E-state index contributed by atoms with van der Waals surface area (Å²) in [6.07, 6.45) is 1.72. The van der Waals surface area contributed by atoms with Crippen molar-refractivity contribution in [1.82, 2.24) is 9.55 Å². The van der Waals surface area contributed by atoms with E-state index in [-0.39, 0.29) is 5.69 Å². The van der Waals surface area contributed by atoms with Crippen molar-refractivity contribution in [2.45, 2.75) is 13.5 Å². The Hall–Kier alpha value is -0.601. The van der Waals surface area contributed by atoms with Crippen LogP contribution in [0.4, 0.5) is 0 Å². The maximum atomic E-state index is 10.9. The quantitative estimate of drug-likeness (QED) is 0.551. The predicted octanol–water partition coefficient (Wildman–Crippen LogP) is -0.943. The second-order valence-corrected chi connectivity index (χ2v) is 2.71. The summed E-state index contributed by atoms with van der Waals surface area (Å²) in [7, 11) is 0. The number of rotatable bonds is 1. The van der Waals surface area contributed by atoms with Crippen molar-refractivity contribution in [2.75, 3.05) is 0 Å². The zero-order valence-electron chi connectivity index (χ0n) is 5.57. The molecule has 0 aliphatic carbocycles. The van der Waals surface area contributed by atoms with E-state index >= 15 is 0 Å². The third kappa shape index (κ3) is 1.46. The van der Waals surface area contributed by atoms with Gasteiger partial charge >= 0.3 is 66.4 Å². The maximum absolute atomic E-state index is 10.9. The molecular weight excluding hydrogens is 195 g/mol. The molecule has 1 rings (SSSR count). The Labute approximate surface area is 66.9 Å². The van der Waals surface area contributed by atoms with Gasteiger partial charge in [0.15, 0.2) is 0 Å². The summed E-state index contributed by atoms with van der Waals surface area (Å²) in [6, 6.07) is 1.77. The van der Waals surface area contributed by atoms with Crippen LogP contribution < -0.4 is 10.3 Å². The molecule has 0 aliphatic rings. The van der Waals surface area contributed by atoms with Gasteiger partial charge in [-0.2, -0.15) is 0 Å². The molecule has 0 amide bonds. The van der Waals surface area contributed by atoms with E-state index in [2.05, 4.69) is 21.0 Å². The molecule has 1 aromatic rings. The number of aryl methyl sites for hydroxylation is 1.